The third-order valence-corrected chi connectivity index (χ3v) is 3.47. The molecular weight excluding hydrogens is 339 g/mol. The van der Waals surface area contributed by atoms with Gasteiger partial charge in [0.15, 0.2) is 6.10 Å². The quantitative estimate of drug-likeness (QED) is 0.806. The average molecular weight is 357 g/mol. The molecule has 1 atom stereocenters. The average Bonchev–Trinajstić information content (AvgIpc) is 2.51. The van der Waals surface area contributed by atoms with E-state index in [1.54, 1.807) is 17.4 Å². The second kappa shape index (κ2) is 7.58. The minimum absolute atomic E-state index is 0.221. The highest BCUT2D eigenvalue weighted by Gasteiger charge is 2.29. The first kappa shape index (κ1) is 18.8. The van der Waals surface area contributed by atoms with Gasteiger partial charge in [-0.3, -0.25) is 4.79 Å². The molecule has 136 valence electrons. The monoisotopic (exact) mass is 357 g/mol. The number of benzene rings is 1. The lowest BCUT2D eigenvalue weighted by atomic mass is 10.1. The standard InChI is InChI=1S/C17H18F3NO4/c1-3-4-11-7-15(22)25-14-8-12(5-6-13(11)14)24-10(2)16(23)21-9-17(18,19)20/h5-8,10H,3-4,9H2,1-2H3,(H,21,23)/t10-/m1/s1. The number of carbonyl (C=O) groups excluding carboxylic acids is 1. The Morgan fingerprint density at radius 1 is 1.32 bits per heavy atom. The van der Waals surface area contributed by atoms with Gasteiger partial charge in [0.1, 0.15) is 17.9 Å². The molecule has 0 aliphatic rings. The predicted molar refractivity (Wildman–Crippen MR) is 85.6 cm³/mol. The number of amides is 1. The molecule has 8 heteroatoms. The SMILES string of the molecule is CCCc1cc(=O)oc2cc(O[C@H](C)C(=O)NCC(F)(F)F)ccc12. The van der Waals surface area contributed by atoms with Crippen molar-refractivity contribution < 1.29 is 27.1 Å². The molecule has 1 aromatic heterocycles. The zero-order valence-corrected chi connectivity index (χ0v) is 13.8. The van der Waals surface area contributed by atoms with Gasteiger partial charge in [-0.25, -0.2) is 4.79 Å². The van der Waals surface area contributed by atoms with Crippen LogP contribution in [0, 0.1) is 0 Å². The van der Waals surface area contributed by atoms with E-state index in [1.165, 1.54) is 19.1 Å². The smallest absolute Gasteiger partial charge is 0.405 e. The van der Waals surface area contributed by atoms with E-state index in [0.717, 1.165) is 17.4 Å². The molecule has 0 saturated heterocycles. The Hall–Kier alpha value is -2.51. The third kappa shape index (κ3) is 5.23. The number of halogens is 3. The summed E-state index contributed by atoms with van der Waals surface area (Å²) in [5.74, 6) is -0.669. The van der Waals surface area contributed by atoms with Crippen LogP contribution < -0.4 is 15.7 Å². The molecule has 1 amide bonds. The zero-order valence-electron chi connectivity index (χ0n) is 13.8. The largest absolute Gasteiger partial charge is 0.481 e. The normalized spacial score (nSPS) is 12.8. The Bertz CT molecular complexity index is 814. The topological polar surface area (TPSA) is 68.5 Å². The molecule has 1 aromatic carbocycles. The van der Waals surface area contributed by atoms with Crippen molar-refractivity contribution in [3.05, 3.63) is 40.2 Å². The molecule has 2 aromatic rings. The molecule has 25 heavy (non-hydrogen) atoms. The molecule has 0 aliphatic carbocycles. The van der Waals surface area contributed by atoms with Crippen molar-refractivity contribution in [3.63, 3.8) is 0 Å². The summed E-state index contributed by atoms with van der Waals surface area (Å²) in [6.07, 6.45) is -4.06. The summed E-state index contributed by atoms with van der Waals surface area (Å²) in [5.41, 5.74) is 0.650. The summed E-state index contributed by atoms with van der Waals surface area (Å²) in [5, 5.41) is 2.51. The van der Waals surface area contributed by atoms with Crippen molar-refractivity contribution in [2.24, 2.45) is 0 Å². The summed E-state index contributed by atoms with van der Waals surface area (Å²) >= 11 is 0. The highest BCUT2D eigenvalue weighted by atomic mass is 19.4. The van der Waals surface area contributed by atoms with Gasteiger partial charge in [-0.1, -0.05) is 13.3 Å². The van der Waals surface area contributed by atoms with Gasteiger partial charge in [-0.15, -0.1) is 0 Å². The van der Waals surface area contributed by atoms with Crippen LogP contribution in [0.2, 0.25) is 0 Å². The van der Waals surface area contributed by atoms with Crippen LogP contribution in [-0.2, 0) is 11.2 Å². The van der Waals surface area contributed by atoms with Gasteiger partial charge in [-0.2, -0.15) is 13.2 Å². The lowest BCUT2D eigenvalue weighted by Gasteiger charge is -2.16. The van der Waals surface area contributed by atoms with Gasteiger partial charge in [0, 0.05) is 17.5 Å². The number of rotatable bonds is 6. The number of aryl methyl sites for hydroxylation is 1. The molecule has 2 rings (SSSR count). The Kier molecular flexibility index (Phi) is 5.71. The molecule has 0 saturated carbocycles. The number of alkyl halides is 3. The van der Waals surface area contributed by atoms with Crippen LogP contribution in [0.4, 0.5) is 13.2 Å². The predicted octanol–water partition coefficient (Wildman–Crippen LogP) is 3.19. The van der Waals surface area contributed by atoms with Gasteiger partial charge in [0.25, 0.3) is 5.91 Å². The molecule has 1 N–H and O–H groups in total. The second-order valence-corrected chi connectivity index (χ2v) is 5.59. The molecular formula is C17H18F3NO4. The van der Waals surface area contributed by atoms with E-state index in [0.29, 0.717) is 12.0 Å². The van der Waals surface area contributed by atoms with Crippen LogP contribution in [0.3, 0.4) is 0 Å². The van der Waals surface area contributed by atoms with Crippen LogP contribution >= 0.6 is 0 Å². The van der Waals surface area contributed by atoms with Gasteiger partial charge in [-0.05, 0) is 31.0 Å². The molecule has 0 spiro atoms. The third-order valence-electron chi connectivity index (χ3n) is 3.47. The highest BCUT2D eigenvalue weighted by Crippen LogP contribution is 2.24. The fourth-order valence-corrected chi connectivity index (χ4v) is 2.35. The first-order chi connectivity index (χ1) is 11.7. The number of hydrogen-bond donors (Lipinski definition) is 1. The lowest BCUT2D eigenvalue weighted by molar-refractivity contribution is -0.142. The first-order valence-electron chi connectivity index (χ1n) is 7.77. The number of nitrogens with one attached hydrogen (secondary N) is 1. The maximum atomic E-state index is 12.1. The van der Waals surface area contributed by atoms with Gasteiger partial charge in [0.2, 0.25) is 0 Å². The molecule has 0 bridgehead atoms. The number of carbonyl (C=O) groups is 1. The molecule has 0 radical (unpaired) electrons. The van der Waals surface area contributed by atoms with Gasteiger partial charge >= 0.3 is 11.8 Å². The van der Waals surface area contributed by atoms with E-state index >= 15 is 0 Å². The summed E-state index contributed by atoms with van der Waals surface area (Å²) in [4.78, 5) is 23.3. The maximum absolute atomic E-state index is 12.1. The maximum Gasteiger partial charge on any atom is 0.405 e. The first-order valence-corrected chi connectivity index (χ1v) is 7.77. The summed E-state index contributed by atoms with van der Waals surface area (Å²) in [6.45, 7) is 1.89. The summed E-state index contributed by atoms with van der Waals surface area (Å²) in [7, 11) is 0. The van der Waals surface area contributed by atoms with Crippen LogP contribution in [0.1, 0.15) is 25.8 Å². The molecule has 1 heterocycles. The Balaban J connectivity index is 2.16. The summed E-state index contributed by atoms with van der Waals surface area (Å²) < 4.78 is 46.9. The van der Waals surface area contributed by atoms with Gasteiger partial charge in [0.05, 0.1) is 0 Å². The number of ether oxygens (including phenoxy) is 1. The van der Waals surface area contributed by atoms with Crippen LogP contribution in [0.15, 0.2) is 33.5 Å². The molecule has 0 fully saturated rings. The number of hydrogen-bond acceptors (Lipinski definition) is 4. The molecule has 0 aliphatic heterocycles. The van der Waals surface area contributed by atoms with Crippen molar-refractivity contribution in [1.29, 1.82) is 0 Å². The van der Waals surface area contributed by atoms with E-state index in [2.05, 4.69) is 0 Å². The summed E-state index contributed by atoms with van der Waals surface area (Å²) in [6, 6.07) is 6.15. The van der Waals surface area contributed by atoms with Crippen LogP contribution in [0.25, 0.3) is 11.0 Å². The molecule has 0 unspecified atom stereocenters. The van der Waals surface area contributed by atoms with E-state index in [-0.39, 0.29) is 5.75 Å². The number of fused-ring (bicyclic) bond motifs is 1. The van der Waals surface area contributed by atoms with Crippen molar-refractivity contribution >= 4 is 16.9 Å². The molecule has 5 nitrogen and oxygen atoms in total. The van der Waals surface area contributed by atoms with Crippen LogP contribution in [-0.4, -0.2) is 24.7 Å². The van der Waals surface area contributed by atoms with E-state index < -0.39 is 30.4 Å². The Labute approximate surface area is 141 Å². The van der Waals surface area contributed by atoms with Crippen molar-refractivity contribution in [1.82, 2.24) is 5.32 Å². The van der Waals surface area contributed by atoms with E-state index in [1.807, 2.05) is 6.92 Å². The zero-order chi connectivity index (χ0) is 18.6. The van der Waals surface area contributed by atoms with Crippen molar-refractivity contribution in [3.8, 4) is 5.75 Å². The van der Waals surface area contributed by atoms with Crippen molar-refractivity contribution in [2.75, 3.05) is 6.54 Å². The Morgan fingerprint density at radius 2 is 2.04 bits per heavy atom. The minimum atomic E-state index is -4.49. The van der Waals surface area contributed by atoms with Crippen molar-refractivity contribution in [2.45, 2.75) is 39.0 Å². The minimum Gasteiger partial charge on any atom is -0.481 e. The fraction of sp³-hybridized carbons (Fsp3) is 0.412. The van der Waals surface area contributed by atoms with E-state index in [9.17, 15) is 22.8 Å². The lowest BCUT2D eigenvalue weighted by Crippen LogP contribution is -2.41. The fourth-order valence-electron chi connectivity index (χ4n) is 2.35. The highest BCUT2D eigenvalue weighted by molar-refractivity contribution is 5.83. The van der Waals surface area contributed by atoms with Gasteiger partial charge < -0.3 is 14.5 Å². The Morgan fingerprint density at radius 3 is 2.68 bits per heavy atom. The van der Waals surface area contributed by atoms with E-state index in [4.69, 9.17) is 9.15 Å². The second-order valence-electron chi connectivity index (χ2n) is 5.59. The van der Waals surface area contributed by atoms with Crippen LogP contribution in [0.5, 0.6) is 5.75 Å².